The van der Waals surface area contributed by atoms with Gasteiger partial charge in [-0.2, -0.15) is 0 Å². The molecular weight excluding hydrogens is 323 g/mol. The maximum Gasteiger partial charge on any atom is 0.240 e. The van der Waals surface area contributed by atoms with Gasteiger partial charge in [-0.1, -0.05) is 37.5 Å². The summed E-state index contributed by atoms with van der Waals surface area (Å²) in [7, 11) is 0. The van der Waals surface area contributed by atoms with Crippen LogP contribution in [0.1, 0.15) is 44.1 Å². The number of halogens is 1. The van der Waals surface area contributed by atoms with Crippen molar-refractivity contribution >= 4 is 17.7 Å². The highest BCUT2D eigenvalue weighted by molar-refractivity contribution is 6.08. The fourth-order valence-corrected chi connectivity index (χ4v) is 3.88. The Morgan fingerprint density at radius 2 is 1.88 bits per heavy atom. The van der Waals surface area contributed by atoms with Crippen LogP contribution in [0.2, 0.25) is 0 Å². The lowest BCUT2D eigenvalue weighted by molar-refractivity contribution is -0.145. The molecule has 5 nitrogen and oxygen atoms in total. The van der Waals surface area contributed by atoms with E-state index in [9.17, 15) is 18.8 Å². The second-order valence-electron chi connectivity index (χ2n) is 6.99. The Kier molecular flexibility index (Phi) is 5.16. The molecule has 1 heterocycles. The zero-order valence-corrected chi connectivity index (χ0v) is 14.2. The molecule has 2 aliphatic rings. The number of carbonyl (C=O) groups excluding carboxylic acids is 3. The second kappa shape index (κ2) is 7.33. The van der Waals surface area contributed by atoms with Gasteiger partial charge in [0.15, 0.2) is 0 Å². The lowest BCUT2D eigenvalue weighted by atomic mass is 9.73. The van der Waals surface area contributed by atoms with Gasteiger partial charge in [0.1, 0.15) is 12.4 Å². The number of hydrogen-bond donors (Lipinski definition) is 1. The van der Waals surface area contributed by atoms with Crippen molar-refractivity contribution in [3.63, 3.8) is 0 Å². The van der Waals surface area contributed by atoms with Crippen LogP contribution in [0.25, 0.3) is 0 Å². The molecule has 6 heteroatoms. The van der Waals surface area contributed by atoms with Gasteiger partial charge in [-0.3, -0.25) is 19.3 Å². The summed E-state index contributed by atoms with van der Waals surface area (Å²) < 4.78 is 13.5. The molecule has 0 unspecified atom stereocenters. The highest BCUT2D eigenvalue weighted by Crippen LogP contribution is 2.45. The third-order valence-electron chi connectivity index (χ3n) is 5.28. The first kappa shape index (κ1) is 17.6. The van der Waals surface area contributed by atoms with Gasteiger partial charge in [-0.25, -0.2) is 4.39 Å². The zero-order valence-electron chi connectivity index (χ0n) is 14.2. The smallest absolute Gasteiger partial charge is 0.240 e. The fraction of sp³-hybridized carbons (Fsp3) is 0.526. The average Bonchev–Trinajstić information content (AvgIpc) is 2.81. The van der Waals surface area contributed by atoms with Crippen molar-refractivity contribution in [1.82, 2.24) is 10.2 Å². The van der Waals surface area contributed by atoms with Crippen molar-refractivity contribution in [2.75, 3.05) is 13.1 Å². The van der Waals surface area contributed by atoms with Gasteiger partial charge < -0.3 is 5.32 Å². The minimum Gasteiger partial charge on any atom is -0.354 e. The molecular formula is C19H23FN2O3. The van der Waals surface area contributed by atoms with Gasteiger partial charge in [0.25, 0.3) is 0 Å². The molecule has 1 aliphatic carbocycles. The number of nitrogens with one attached hydrogen (secondary N) is 1. The van der Waals surface area contributed by atoms with Crippen LogP contribution in [-0.4, -0.2) is 35.7 Å². The minimum atomic E-state index is -0.567. The minimum absolute atomic E-state index is 0.193. The number of benzene rings is 1. The van der Waals surface area contributed by atoms with Crippen molar-refractivity contribution in [2.24, 2.45) is 5.41 Å². The largest absolute Gasteiger partial charge is 0.354 e. The van der Waals surface area contributed by atoms with Crippen LogP contribution >= 0.6 is 0 Å². The van der Waals surface area contributed by atoms with E-state index in [1.165, 1.54) is 6.07 Å². The fourth-order valence-electron chi connectivity index (χ4n) is 3.88. The molecule has 25 heavy (non-hydrogen) atoms. The van der Waals surface area contributed by atoms with E-state index in [0.717, 1.165) is 37.0 Å². The van der Waals surface area contributed by atoms with Crippen LogP contribution < -0.4 is 5.32 Å². The molecule has 3 amide bonds. The number of hydrogen-bond acceptors (Lipinski definition) is 3. The lowest BCUT2D eigenvalue weighted by Crippen LogP contribution is -2.43. The summed E-state index contributed by atoms with van der Waals surface area (Å²) in [5, 5.41) is 2.67. The first-order chi connectivity index (χ1) is 12.0. The van der Waals surface area contributed by atoms with E-state index in [1.807, 2.05) is 0 Å². The van der Waals surface area contributed by atoms with Gasteiger partial charge in [0.2, 0.25) is 17.7 Å². The Balaban J connectivity index is 1.51. The Morgan fingerprint density at radius 1 is 1.16 bits per heavy atom. The topological polar surface area (TPSA) is 66.5 Å². The van der Waals surface area contributed by atoms with Crippen molar-refractivity contribution in [3.8, 4) is 0 Å². The molecule has 0 bridgehead atoms. The third kappa shape index (κ3) is 3.72. The molecule has 1 spiro atoms. The van der Waals surface area contributed by atoms with E-state index in [4.69, 9.17) is 0 Å². The van der Waals surface area contributed by atoms with E-state index in [2.05, 4.69) is 5.32 Å². The summed E-state index contributed by atoms with van der Waals surface area (Å²) in [5.41, 5.74) is -0.0414. The van der Waals surface area contributed by atoms with E-state index < -0.39 is 5.41 Å². The number of nitrogens with zero attached hydrogens (tertiary/aromatic N) is 1. The Hall–Kier alpha value is -2.24. The van der Waals surface area contributed by atoms with Gasteiger partial charge in [-0.15, -0.1) is 0 Å². The van der Waals surface area contributed by atoms with Crippen LogP contribution in [0, 0.1) is 11.2 Å². The molecule has 0 aromatic heterocycles. The molecule has 0 atom stereocenters. The Morgan fingerprint density at radius 3 is 2.60 bits per heavy atom. The average molecular weight is 346 g/mol. The highest BCUT2D eigenvalue weighted by atomic mass is 19.1. The predicted octanol–water partition coefficient (Wildman–Crippen LogP) is 2.19. The van der Waals surface area contributed by atoms with Crippen molar-refractivity contribution in [1.29, 1.82) is 0 Å². The highest BCUT2D eigenvalue weighted by Gasteiger charge is 2.51. The van der Waals surface area contributed by atoms with Gasteiger partial charge in [-0.05, 0) is 30.9 Å². The molecule has 1 N–H and O–H groups in total. The Labute approximate surface area is 146 Å². The summed E-state index contributed by atoms with van der Waals surface area (Å²) >= 11 is 0. The number of rotatable bonds is 5. The number of amides is 3. The maximum atomic E-state index is 13.5. The van der Waals surface area contributed by atoms with Crippen molar-refractivity contribution < 1.29 is 18.8 Å². The third-order valence-corrected chi connectivity index (χ3v) is 5.28. The van der Waals surface area contributed by atoms with Gasteiger partial charge in [0.05, 0.1) is 5.41 Å². The standard InChI is InChI=1S/C19H23FN2O3/c20-15-7-3-2-6-14(15)8-11-21-16(23)13-22-17(24)12-19(18(22)25)9-4-1-5-10-19/h2-3,6-7H,1,4-5,8-13H2,(H,21,23). The zero-order chi connectivity index (χ0) is 17.9. The van der Waals surface area contributed by atoms with E-state index >= 15 is 0 Å². The SMILES string of the molecule is O=C(CN1C(=O)CC2(CCCCC2)C1=O)NCCc1ccccc1F. The molecule has 134 valence electrons. The first-order valence-corrected chi connectivity index (χ1v) is 8.87. The van der Waals surface area contributed by atoms with Crippen molar-refractivity contribution in [3.05, 3.63) is 35.6 Å². The summed E-state index contributed by atoms with van der Waals surface area (Å²) in [6.45, 7) is 0.0256. The summed E-state index contributed by atoms with van der Waals surface area (Å²) in [4.78, 5) is 38.0. The number of imide groups is 1. The molecule has 1 saturated heterocycles. The monoisotopic (exact) mass is 346 g/mol. The van der Waals surface area contributed by atoms with Crippen LogP contribution in [0.15, 0.2) is 24.3 Å². The summed E-state index contributed by atoms with van der Waals surface area (Å²) in [6, 6.07) is 6.40. The van der Waals surface area contributed by atoms with E-state index in [1.54, 1.807) is 18.2 Å². The van der Waals surface area contributed by atoms with Crippen molar-refractivity contribution in [2.45, 2.75) is 44.9 Å². The number of likely N-dealkylation sites (tertiary alicyclic amines) is 1. The first-order valence-electron chi connectivity index (χ1n) is 8.87. The van der Waals surface area contributed by atoms with Gasteiger partial charge >= 0.3 is 0 Å². The molecule has 2 fully saturated rings. The molecule has 3 rings (SSSR count). The summed E-state index contributed by atoms with van der Waals surface area (Å²) in [5.74, 6) is -1.13. The second-order valence-corrected chi connectivity index (χ2v) is 6.99. The molecule has 1 aromatic carbocycles. The molecule has 1 aliphatic heterocycles. The van der Waals surface area contributed by atoms with E-state index in [0.29, 0.717) is 12.0 Å². The van der Waals surface area contributed by atoms with Crippen LogP contribution in [0.4, 0.5) is 4.39 Å². The summed E-state index contributed by atoms with van der Waals surface area (Å²) in [6.07, 6.45) is 5.09. The molecule has 1 saturated carbocycles. The molecule has 0 radical (unpaired) electrons. The van der Waals surface area contributed by atoms with E-state index in [-0.39, 0.29) is 43.0 Å². The lowest BCUT2D eigenvalue weighted by Gasteiger charge is -2.30. The normalized spacial score (nSPS) is 19.5. The van der Waals surface area contributed by atoms with Crippen LogP contribution in [0.3, 0.4) is 0 Å². The Bertz CT molecular complexity index is 683. The number of carbonyl (C=O) groups is 3. The maximum absolute atomic E-state index is 13.5. The predicted molar refractivity (Wildman–Crippen MR) is 90.0 cm³/mol. The van der Waals surface area contributed by atoms with Gasteiger partial charge in [0, 0.05) is 13.0 Å². The van der Waals surface area contributed by atoms with Crippen LogP contribution in [0.5, 0.6) is 0 Å². The van der Waals surface area contributed by atoms with Crippen LogP contribution in [-0.2, 0) is 20.8 Å². The quantitative estimate of drug-likeness (QED) is 0.831. The molecule has 1 aromatic rings.